The van der Waals surface area contributed by atoms with Gasteiger partial charge in [-0.05, 0) is 82.7 Å². The molecule has 2 aromatic rings. The molecule has 0 radical (unpaired) electrons. The average molecular weight is 527 g/mol. The normalized spacial score (nSPS) is 12.9. The van der Waals surface area contributed by atoms with Crippen molar-refractivity contribution in [1.29, 1.82) is 0 Å². The molecule has 1 atom stereocenters. The van der Waals surface area contributed by atoms with Crippen molar-refractivity contribution in [2.45, 2.75) is 32.9 Å². The molecule has 21 heavy (non-hydrogen) atoms. The first-order valence-corrected chi connectivity index (χ1v) is 9.53. The maximum Gasteiger partial charge on any atom is 0.0770 e. The zero-order valence-electron chi connectivity index (χ0n) is 12.2. The maximum atomic E-state index is 4.51. The summed E-state index contributed by atoms with van der Waals surface area (Å²) in [5, 5.41) is 8.10. The molecule has 0 aliphatic carbocycles. The van der Waals surface area contributed by atoms with Gasteiger partial charge in [0.1, 0.15) is 0 Å². The van der Waals surface area contributed by atoms with Crippen LogP contribution < -0.4 is 5.32 Å². The summed E-state index contributed by atoms with van der Waals surface area (Å²) >= 11 is 9.63. The summed E-state index contributed by atoms with van der Waals surface area (Å²) < 4.78 is 5.45. The van der Waals surface area contributed by atoms with Crippen molar-refractivity contribution in [3.05, 3.63) is 48.2 Å². The molecule has 1 heterocycles. The van der Waals surface area contributed by atoms with Gasteiger partial charge in [0.05, 0.1) is 22.4 Å². The lowest BCUT2D eigenvalue weighted by atomic mass is 10.0. The third-order valence-electron chi connectivity index (χ3n) is 3.23. The zero-order chi connectivity index (χ0) is 15.6. The van der Waals surface area contributed by atoms with Crippen LogP contribution >= 0.6 is 54.5 Å². The van der Waals surface area contributed by atoms with Gasteiger partial charge in [-0.15, -0.1) is 0 Å². The van der Waals surface area contributed by atoms with Crippen LogP contribution in [0.25, 0.3) is 0 Å². The van der Waals surface area contributed by atoms with Gasteiger partial charge in [0, 0.05) is 14.1 Å². The molecule has 1 unspecified atom stereocenters. The van der Waals surface area contributed by atoms with Gasteiger partial charge < -0.3 is 5.32 Å². The molecule has 2 rings (SSSR count). The number of hydrogen-bond acceptors (Lipinski definition) is 2. The van der Waals surface area contributed by atoms with Crippen LogP contribution in [-0.4, -0.2) is 16.3 Å². The van der Waals surface area contributed by atoms with Gasteiger partial charge in [-0.25, -0.2) is 0 Å². The molecular weight excluding hydrogens is 509 g/mol. The first-order valence-electron chi connectivity index (χ1n) is 6.87. The van der Waals surface area contributed by atoms with Gasteiger partial charge >= 0.3 is 0 Å². The van der Waals surface area contributed by atoms with Crippen LogP contribution in [0, 0.1) is 3.57 Å². The Bertz CT molecular complexity index is 625. The predicted octanol–water partition coefficient (Wildman–Crippen LogP) is 5.29. The Morgan fingerprint density at radius 2 is 2.05 bits per heavy atom. The number of rotatable bonds is 5. The quantitative estimate of drug-likeness (QED) is 0.536. The van der Waals surface area contributed by atoms with Gasteiger partial charge in [0.2, 0.25) is 0 Å². The average Bonchev–Trinajstić information content (AvgIpc) is 2.81. The summed E-state index contributed by atoms with van der Waals surface area (Å²) in [6.07, 6.45) is 1.88. The first-order chi connectivity index (χ1) is 9.95. The number of halogens is 3. The van der Waals surface area contributed by atoms with Crippen molar-refractivity contribution >= 4 is 54.5 Å². The van der Waals surface area contributed by atoms with E-state index in [4.69, 9.17) is 0 Å². The van der Waals surface area contributed by atoms with E-state index in [0.717, 1.165) is 15.5 Å². The molecule has 6 heteroatoms. The largest absolute Gasteiger partial charge is 0.305 e. The number of benzene rings is 1. The Hall–Kier alpha value is 0.0800. The van der Waals surface area contributed by atoms with E-state index >= 15 is 0 Å². The lowest BCUT2D eigenvalue weighted by Gasteiger charge is -2.23. The van der Waals surface area contributed by atoms with Crippen LogP contribution in [0.15, 0.2) is 33.3 Å². The summed E-state index contributed by atoms with van der Waals surface area (Å²) in [4.78, 5) is 0. The zero-order valence-corrected chi connectivity index (χ0v) is 17.5. The van der Waals surface area contributed by atoms with Crippen LogP contribution in [0.1, 0.15) is 44.1 Å². The van der Waals surface area contributed by atoms with Crippen molar-refractivity contribution in [1.82, 2.24) is 15.1 Å². The highest BCUT2D eigenvalue weighted by molar-refractivity contribution is 14.1. The molecule has 0 aliphatic heterocycles. The minimum Gasteiger partial charge on any atom is -0.305 e. The van der Waals surface area contributed by atoms with E-state index in [2.05, 4.69) is 109 Å². The highest BCUT2D eigenvalue weighted by atomic mass is 127. The van der Waals surface area contributed by atoms with Gasteiger partial charge in [-0.1, -0.05) is 22.9 Å². The molecule has 1 aromatic heterocycles. The maximum absolute atomic E-state index is 4.51. The molecular formula is C15H18Br2IN3. The van der Waals surface area contributed by atoms with Crippen molar-refractivity contribution in [2.24, 2.45) is 0 Å². The second kappa shape index (κ2) is 7.57. The molecule has 1 N–H and O–H groups in total. The molecule has 114 valence electrons. The summed E-state index contributed by atoms with van der Waals surface area (Å²) in [6, 6.07) is 6.81. The molecule has 0 fully saturated rings. The van der Waals surface area contributed by atoms with Crippen LogP contribution in [0.3, 0.4) is 0 Å². The highest BCUT2D eigenvalue weighted by Crippen LogP contribution is 2.33. The summed E-state index contributed by atoms with van der Waals surface area (Å²) in [7, 11) is 0. The molecule has 0 saturated carbocycles. The molecule has 0 bridgehead atoms. The topological polar surface area (TPSA) is 29.9 Å². The van der Waals surface area contributed by atoms with Gasteiger partial charge in [-0.2, -0.15) is 5.10 Å². The first kappa shape index (κ1) is 17.4. The fourth-order valence-corrected chi connectivity index (χ4v) is 3.85. The van der Waals surface area contributed by atoms with Crippen molar-refractivity contribution in [2.75, 3.05) is 6.54 Å². The van der Waals surface area contributed by atoms with E-state index in [1.54, 1.807) is 0 Å². The third kappa shape index (κ3) is 3.89. The smallest absolute Gasteiger partial charge is 0.0770 e. The fourth-order valence-electron chi connectivity index (χ4n) is 2.33. The Morgan fingerprint density at radius 3 is 2.67 bits per heavy atom. The van der Waals surface area contributed by atoms with E-state index in [0.29, 0.717) is 6.04 Å². The summed E-state index contributed by atoms with van der Waals surface area (Å²) in [5.41, 5.74) is 2.43. The second-order valence-electron chi connectivity index (χ2n) is 5.07. The number of aromatic nitrogens is 2. The van der Waals surface area contributed by atoms with Gasteiger partial charge in [-0.3, -0.25) is 4.68 Å². The standard InChI is InChI=1S/C15H18Br2IN3/c1-4-19-14(11-7-10(16)5-6-13(11)18)15-12(17)8-20-21(15)9(2)3/h5-9,14,19H,4H2,1-3H3. The van der Waals surface area contributed by atoms with Crippen molar-refractivity contribution < 1.29 is 0 Å². The van der Waals surface area contributed by atoms with E-state index in [1.165, 1.54) is 14.8 Å². The lowest BCUT2D eigenvalue weighted by molar-refractivity contribution is 0.474. The Kier molecular flexibility index (Phi) is 6.28. The van der Waals surface area contributed by atoms with E-state index in [1.807, 2.05) is 6.20 Å². The monoisotopic (exact) mass is 525 g/mol. The minimum atomic E-state index is 0.110. The number of hydrogen-bond donors (Lipinski definition) is 1. The fraction of sp³-hybridized carbons (Fsp3) is 0.400. The van der Waals surface area contributed by atoms with Crippen molar-refractivity contribution in [3.63, 3.8) is 0 Å². The number of nitrogens with one attached hydrogen (secondary N) is 1. The summed E-state index contributed by atoms with van der Waals surface area (Å²) in [5.74, 6) is 0. The van der Waals surface area contributed by atoms with E-state index in [-0.39, 0.29) is 6.04 Å². The van der Waals surface area contributed by atoms with Crippen LogP contribution in [0.2, 0.25) is 0 Å². The van der Waals surface area contributed by atoms with E-state index in [9.17, 15) is 0 Å². The second-order valence-corrected chi connectivity index (χ2v) is 8.00. The Morgan fingerprint density at radius 1 is 1.33 bits per heavy atom. The molecule has 0 saturated heterocycles. The Balaban J connectivity index is 2.59. The third-order valence-corrected chi connectivity index (χ3v) is 5.31. The molecule has 0 spiro atoms. The molecule has 3 nitrogen and oxygen atoms in total. The SMILES string of the molecule is CCNC(c1cc(Br)ccc1I)c1c(Br)cnn1C(C)C. The van der Waals surface area contributed by atoms with Crippen LogP contribution in [0.5, 0.6) is 0 Å². The van der Waals surface area contributed by atoms with E-state index < -0.39 is 0 Å². The molecule has 0 aliphatic rings. The minimum absolute atomic E-state index is 0.110. The summed E-state index contributed by atoms with van der Waals surface area (Å²) in [6.45, 7) is 7.32. The highest BCUT2D eigenvalue weighted by Gasteiger charge is 2.24. The number of nitrogens with zero attached hydrogens (tertiary/aromatic N) is 2. The van der Waals surface area contributed by atoms with Crippen LogP contribution in [0.4, 0.5) is 0 Å². The molecule has 0 amide bonds. The van der Waals surface area contributed by atoms with Crippen molar-refractivity contribution in [3.8, 4) is 0 Å². The van der Waals surface area contributed by atoms with Gasteiger partial charge in [0.15, 0.2) is 0 Å². The Labute approximate surface area is 156 Å². The lowest BCUT2D eigenvalue weighted by Crippen LogP contribution is -2.26. The molecule has 1 aromatic carbocycles. The van der Waals surface area contributed by atoms with Gasteiger partial charge in [0.25, 0.3) is 0 Å². The van der Waals surface area contributed by atoms with Crippen LogP contribution in [-0.2, 0) is 0 Å². The predicted molar refractivity (Wildman–Crippen MR) is 103 cm³/mol.